The van der Waals surface area contributed by atoms with E-state index in [2.05, 4.69) is 71.4 Å². The Morgan fingerprint density at radius 2 is 0.592 bits per heavy atom. The van der Waals surface area contributed by atoms with Gasteiger partial charge in [0.05, 0.1) is 11.4 Å². The maximum Gasteiger partial charge on any atom is 0.420 e. The number of rotatable bonds is 20. The predicted molar refractivity (Wildman–Crippen MR) is 441 cm³/mol. The van der Waals surface area contributed by atoms with E-state index in [1.165, 1.54) is 60.1 Å². The van der Waals surface area contributed by atoms with Crippen LogP contribution in [0.25, 0.3) is 22.6 Å². The van der Waals surface area contributed by atoms with Crippen LogP contribution >= 0.6 is 15.9 Å². The number of para-hydroxylation sites is 1. The molecule has 4 aromatic carbocycles. The van der Waals surface area contributed by atoms with E-state index in [4.69, 9.17) is 0 Å². The summed E-state index contributed by atoms with van der Waals surface area (Å²) in [5.41, 5.74) is 0.744. The Labute approximate surface area is 717 Å². The first-order valence-corrected chi connectivity index (χ1v) is 43.1. The number of fused-ring (bicyclic) bond motifs is 4. The van der Waals surface area contributed by atoms with E-state index in [-0.39, 0.29) is 94.3 Å². The van der Waals surface area contributed by atoms with E-state index in [9.17, 15) is 70.2 Å². The lowest BCUT2D eigenvalue weighted by Crippen LogP contribution is -2.46. The van der Waals surface area contributed by atoms with Gasteiger partial charge in [0, 0.05) is 197 Å². The summed E-state index contributed by atoms with van der Waals surface area (Å²) in [7, 11) is 0. The smallest absolute Gasteiger partial charge is 0.369 e. The molecule has 0 unspecified atom stereocenters. The Kier molecular flexibility index (Phi) is 25.2. The van der Waals surface area contributed by atoms with E-state index < -0.39 is 47.0 Å². The lowest BCUT2D eigenvalue weighted by Gasteiger charge is -2.36. The molecule has 0 atom stereocenters. The summed E-state index contributed by atoms with van der Waals surface area (Å²) < 4.78 is 229. The van der Waals surface area contributed by atoms with E-state index >= 15 is 0 Å². The first-order chi connectivity index (χ1) is 60.0. The normalized spacial score (nSPS) is 18.1. The van der Waals surface area contributed by atoms with Crippen LogP contribution in [0.4, 0.5) is 93.0 Å². The number of aromatic nitrogens is 12. The zero-order chi connectivity index (χ0) is 87.2. The highest BCUT2D eigenvalue weighted by atomic mass is 79.9. The van der Waals surface area contributed by atoms with Gasteiger partial charge in [-0.1, -0.05) is 18.2 Å². The number of hydrogen-bond donors (Lipinski definition) is 0. The van der Waals surface area contributed by atoms with Crippen molar-refractivity contribution in [3.63, 3.8) is 0 Å². The number of hydrogen-bond acceptors (Lipinski definition) is 16. The van der Waals surface area contributed by atoms with Gasteiger partial charge in [0.15, 0.2) is 22.6 Å². The zero-order valence-corrected chi connectivity index (χ0v) is 69.7. The maximum absolute atomic E-state index is 14.0. The van der Waals surface area contributed by atoms with Crippen LogP contribution in [-0.4, -0.2) is 183 Å². The Balaban J connectivity index is 0.000000118. The SMILES string of the molecule is FC(F)(F)c1c(CN2CCN(c3ccc([18F])cc3)CC2)ccn2c(CC3CC3)nnc12.FC(F)(F)c1c(CN2CCN(c3ccc([18F])cc3Br)CC2)ccn2c(CC3CC3)nnc12.FC(F)(F)c1c(CN2CCN(c3cccc([18F])c3)CC2)ccn2c(CC3CC3)nnc12.FC(F)(F)c1c(CN2CCN(c3ccccc3[18F])CC2)ccn2c(CC3CC3)nnc12. The van der Waals surface area contributed by atoms with Gasteiger partial charge in [0.2, 0.25) is 0 Å². The molecule has 20 nitrogen and oxygen atoms in total. The van der Waals surface area contributed by atoms with Gasteiger partial charge in [-0.05, 0) is 210 Å². The molecule has 8 aliphatic rings. The van der Waals surface area contributed by atoms with Gasteiger partial charge >= 0.3 is 24.7 Å². The summed E-state index contributed by atoms with van der Waals surface area (Å²) in [6, 6.07) is 30.0. The molecule has 12 aromatic rings. The van der Waals surface area contributed by atoms with Crippen LogP contribution in [0.5, 0.6) is 0 Å². The predicted octanol–water partition coefficient (Wildman–Crippen LogP) is 17.4. The van der Waals surface area contributed by atoms with E-state index in [1.54, 1.807) is 91.5 Å². The highest BCUT2D eigenvalue weighted by molar-refractivity contribution is 9.10. The molecule has 4 saturated carbocycles. The molecule has 0 radical (unpaired) electrons. The van der Waals surface area contributed by atoms with Crippen molar-refractivity contribution in [2.45, 2.75) is 128 Å². The lowest BCUT2D eigenvalue weighted by atomic mass is 10.1. The number of benzene rings is 4. The summed E-state index contributed by atoms with van der Waals surface area (Å²) in [5.74, 6) is 3.24. The van der Waals surface area contributed by atoms with Gasteiger partial charge in [-0.25, -0.2) is 17.6 Å². The van der Waals surface area contributed by atoms with Crippen molar-refractivity contribution in [2.24, 2.45) is 23.7 Å². The molecule has 662 valence electrons. The van der Waals surface area contributed by atoms with Crippen LogP contribution in [0.3, 0.4) is 0 Å². The Morgan fingerprint density at radius 1 is 0.288 bits per heavy atom. The average molecular weight is 1810 g/mol. The van der Waals surface area contributed by atoms with Gasteiger partial charge in [-0.2, -0.15) is 52.7 Å². The largest absolute Gasteiger partial charge is 0.420 e. The van der Waals surface area contributed by atoms with Crippen molar-refractivity contribution in [1.29, 1.82) is 0 Å². The van der Waals surface area contributed by atoms with Crippen LogP contribution in [0, 0.1) is 46.9 Å². The van der Waals surface area contributed by atoms with Gasteiger partial charge in [0.1, 0.15) is 68.8 Å². The second kappa shape index (κ2) is 36.2. The molecular weight excluding hydrogens is 1720 g/mol. The molecule has 8 fully saturated rings. The van der Waals surface area contributed by atoms with Gasteiger partial charge < -0.3 is 19.6 Å². The highest BCUT2D eigenvalue weighted by Crippen LogP contribution is 2.44. The molecular formula is C88H91BrF16N20. The first kappa shape index (κ1) is 86.9. The molecule has 0 bridgehead atoms. The third-order valence-corrected chi connectivity index (χ3v) is 25.3. The summed E-state index contributed by atoms with van der Waals surface area (Å²) in [4.78, 5) is 16.2. The highest BCUT2D eigenvalue weighted by Gasteiger charge is 2.44. The molecule has 20 rings (SSSR count). The lowest BCUT2D eigenvalue weighted by molar-refractivity contribution is -0.138. The fraction of sp³-hybridized carbons (Fsp3) is 0.455. The minimum absolute atomic E-state index is 0.106. The fourth-order valence-electron chi connectivity index (χ4n) is 17.2. The van der Waals surface area contributed by atoms with Crippen molar-refractivity contribution in [2.75, 3.05) is 124 Å². The minimum atomic E-state index is -4.52. The fourth-order valence-corrected chi connectivity index (χ4v) is 17.8. The van der Waals surface area contributed by atoms with Crippen LogP contribution in [-0.2, 0) is 76.6 Å². The first-order valence-electron chi connectivity index (χ1n) is 42.3. The number of alkyl halides is 12. The van der Waals surface area contributed by atoms with Crippen molar-refractivity contribution < 1.29 is 70.2 Å². The Hall–Kier alpha value is -10.2. The van der Waals surface area contributed by atoms with E-state index in [1.807, 2.05) is 30.6 Å². The molecule has 4 aliphatic carbocycles. The van der Waals surface area contributed by atoms with Crippen molar-refractivity contribution in [3.8, 4) is 0 Å². The molecule has 0 spiro atoms. The van der Waals surface area contributed by atoms with Gasteiger partial charge in [-0.15, -0.1) is 40.8 Å². The number of piperazine rings is 4. The van der Waals surface area contributed by atoms with Crippen LogP contribution in [0.15, 0.2) is 145 Å². The molecule has 8 aromatic heterocycles. The number of pyridine rings is 4. The topological polar surface area (TPSA) is 147 Å². The molecule has 12 heterocycles. The molecule has 37 heteroatoms. The maximum atomic E-state index is 14.0. The van der Waals surface area contributed by atoms with E-state index in [0.29, 0.717) is 188 Å². The quantitative estimate of drug-likeness (QED) is 0.0666. The summed E-state index contributed by atoms with van der Waals surface area (Å²) in [6.45, 7) is 10.5. The zero-order valence-electron chi connectivity index (χ0n) is 68.1. The Morgan fingerprint density at radius 3 is 0.904 bits per heavy atom. The number of nitrogens with zero attached hydrogens (tertiary/aromatic N) is 20. The molecule has 4 aliphatic heterocycles. The van der Waals surface area contributed by atoms with Crippen molar-refractivity contribution >= 4 is 61.3 Å². The van der Waals surface area contributed by atoms with Gasteiger partial charge in [0.25, 0.3) is 0 Å². The third kappa shape index (κ3) is 20.7. The molecule has 4 saturated heterocycles. The second-order valence-corrected chi connectivity index (χ2v) is 34.6. The second-order valence-electron chi connectivity index (χ2n) is 33.7. The van der Waals surface area contributed by atoms with E-state index in [0.717, 1.165) is 68.4 Å². The van der Waals surface area contributed by atoms with Crippen LogP contribution < -0.4 is 19.6 Å². The molecule has 125 heavy (non-hydrogen) atoms. The Bertz CT molecular complexity index is 5760. The van der Waals surface area contributed by atoms with Crippen molar-refractivity contribution in [3.05, 3.63) is 236 Å². The van der Waals surface area contributed by atoms with Gasteiger partial charge in [-0.3, -0.25) is 37.2 Å². The number of halogens is 17. The monoisotopic (exact) mass is 1810 g/mol. The van der Waals surface area contributed by atoms with Crippen molar-refractivity contribution in [1.82, 2.24) is 78.0 Å². The standard InChI is InChI=1S/C22H22BrF4N5.3C22H23F4N5/c23-17-12-16(24)3-4-18(17)31-9-7-30(8-10-31)13-15-5-6-32-19(11-14-1-2-14)28-29-21(32)20(15)22(25,26)27;23-17-3-5-18(6-4-17)30-11-9-29(10-12-30)14-16-7-8-31-19(13-15-1-2-15)27-28-21(31)20(16)22(24,25)26;23-17-2-1-3-18(13-17)30-10-8-29(9-11-30)14-16-6-7-31-19(12-15-4-5-15)27-28-21(31)20(16)22(24,25)26;23-17-3-1-2-4-18(17)30-11-9-29(10-12-30)14-16-7-8-31-19(13-15-5-6-15)27-28-21(31)20(16)22(24,25)26/h3-6,12,14H,1-2,7-11,13H2;3-8,15H,1-2,9-14H2;1-3,6-7,13,15H,4-5,8-12,14H2;1-4,7-8,15H,5-6,9-14H2/i24-1;3*23-1. The average Bonchev–Trinajstić information content (AvgIpc) is 1.66. The number of anilines is 4. The molecule has 0 N–H and O–H groups in total. The third-order valence-electron chi connectivity index (χ3n) is 24.6. The minimum Gasteiger partial charge on any atom is -0.369 e. The summed E-state index contributed by atoms with van der Waals surface area (Å²) in [6.07, 6.45) is 0.0753. The van der Waals surface area contributed by atoms with Crippen LogP contribution in [0.1, 0.15) is 119 Å². The summed E-state index contributed by atoms with van der Waals surface area (Å²) >= 11 is 3.39. The summed E-state index contributed by atoms with van der Waals surface area (Å²) in [5, 5.41) is 31.9. The van der Waals surface area contributed by atoms with Crippen LogP contribution in [0.2, 0.25) is 0 Å². The molecule has 0 amide bonds.